The number of ether oxygens (including phenoxy) is 2. The molecule has 0 saturated carbocycles. The molecule has 0 aliphatic rings. The number of aliphatic imine (C=N–C) groups is 1. The highest BCUT2D eigenvalue weighted by molar-refractivity contribution is 5.79. The van der Waals surface area contributed by atoms with Gasteiger partial charge in [0.15, 0.2) is 17.5 Å². The lowest BCUT2D eigenvalue weighted by molar-refractivity contribution is 0.310. The van der Waals surface area contributed by atoms with E-state index < -0.39 is 0 Å². The molecule has 1 aromatic heterocycles. The third-order valence-corrected chi connectivity index (χ3v) is 3.65. The van der Waals surface area contributed by atoms with Crippen LogP contribution in [-0.4, -0.2) is 30.8 Å². The number of guanidine groups is 1. The fourth-order valence-corrected chi connectivity index (χ4v) is 2.45. The first kappa shape index (κ1) is 18.7. The van der Waals surface area contributed by atoms with E-state index in [-0.39, 0.29) is 0 Å². The number of nitrogens with one attached hydrogen (secondary N) is 2. The Morgan fingerprint density at radius 2 is 1.96 bits per heavy atom. The zero-order valence-electron chi connectivity index (χ0n) is 15.5. The van der Waals surface area contributed by atoms with Crippen LogP contribution in [0.15, 0.2) is 41.7 Å². The first-order chi connectivity index (χ1) is 12.2. The van der Waals surface area contributed by atoms with Gasteiger partial charge >= 0.3 is 0 Å². The summed E-state index contributed by atoms with van der Waals surface area (Å²) in [6.45, 7) is 6.74. The molecule has 0 unspecified atom stereocenters. The predicted octanol–water partition coefficient (Wildman–Crippen LogP) is 2.69. The fraction of sp³-hybridized carbons (Fsp3) is 0.421. The summed E-state index contributed by atoms with van der Waals surface area (Å²) in [5.41, 5.74) is 2.29. The lowest BCUT2D eigenvalue weighted by Crippen LogP contribution is -2.36. The highest BCUT2D eigenvalue weighted by Crippen LogP contribution is 2.27. The Kier molecular flexibility index (Phi) is 7.19. The third kappa shape index (κ3) is 5.74. The van der Waals surface area contributed by atoms with Crippen LogP contribution in [0.3, 0.4) is 0 Å². The number of rotatable bonds is 8. The number of hydrogen-bond donors (Lipinski definition) is 2. The Morgan fingerprint density at radius 1 is 1.12 bits per heavy atom. The fourth-order valence-electron chi connectivity index (χ4n) is 2.45. The maximum absolute atomic E-state index is 5.63. The van der Waals surface area contributed by atoms with Gasteiger partial charge in [0.2, 0.25) is 0 Å². The summed E-state index contributed by atoms with van der Waals surface area (Å²) >= 11 is 0. The first-order valence-corrected chi connectivity index (χ1v) is 8.59. The molecule has 0 fully saturated rings. The second kappa shape index (κ2) is 9.61. The van der Waals surface area contributed by atoms with Crippen molar-refractivity contribution in [3.8, 4) is 11.5 Å². The number of hydrogen-bond acceptors (Lipinski definition) is 3. The standard InChI is InChI=1S/C19H28N4O2/c1-5-20-19(22-13-16-9-10-23(3)14-16)21-12-15-7-8-17(24-4)18(11-15)25-6-2/h7-11,14H,5-6,12-13H2,1-4H3,(H2,20,21,22). The molecule has 0 saturated heterocycles. The molecule has 25 heavy (non-hydrogen) atoms. The molecule has 0 aliphatic carbocycles. The minimum atomic E-state index is 0.606. The van der Waals surface area contributed by atoms with Gasteiger partial charge in [0.25, 0.3) is 0 Å². The van der Waals surface area contributed by atoms with Crippen LogP contribution in [0.4, 0.5) is 0 Å². The van der Waals surface area contributed by atoms with E-state index in [2.05, 4.69) is 34.8 Å². The molecule has 0 radical (unpaired) electrons. The van der Waals surface area contributed by atoms with E-state index >= 15 is 0 Å². The van der Waals surface area contributed by atoms with Crippen LogP contribution in [-0.2, 0) is 20.1 Å². The molecule has 0 atom stereocenters. The Morgan fingerprint density at radius 3 is 2.60 bits per heavy atom. The van der Waals surface area contributed by atoms with E-state index in [1.165, 1.54) is 5.56 Å². The Bertz CT molecular complexity index is 694. The van der Waals surface area contributed by atoms with Crippen LogP contribution in [0.2, 0.25) is 0 Å². The van der Waals surface area contributed by atoms with Gasteiger partial charge in [0.05, 0.1) is 20.3 Å². The minimum Gasteiger partial charge on any atom is -0.493 e. The average molecular weight is 344 g/mol. The molecule has 136 valence electrons. The number of aromatic nitrogens is 1. The average Bonchev–Trinajstić information content (AvgIpc) is 3.03. The van der Waals surface area contributed by atoms with Crippen LogP contribution in [0.5, 0.6) is 11.5 Å². The van der Waals surface area contributed by atoms with Crippen LogP contribution in [0.25, 0.3) is 0 Å². The third-order valence-electron chi connectivity index (χ3n) is 3.65. The number of nitrogens with zero attached hydrogens (tertiary/aromatic N) is 2. The Labute approximate surface area is 149 Å². The van der Waals surface area contributed by atoms with Crippen LogP contribution in [0, 0.1) is 0 Å². The summed E-state index contributed by atoms with van der Waals surface area (Å²) in [5, 5.41) is 6.62. The molecule has 6 heteroatoms. The minimum absolute atomic E-state index is 0.606. The van der Waals surface area contributed by atoms with E-state index in [1.807, 2.05) is 42.9 Å². The van der Waals surface area contributed by atoms with Crippen LogP contribution >= 0.6 is 0 Å². The van der Waals surface area contributed by atoms with Crippen molar-refractivity contribution in [2.45, 2.75) is 26.9 Å². The molecule has 2 aromatic rings. The van der Waals surface area contributed by atoms with Gasteiger partial charge in [-0.1, -0.05) is 6.07 Å². The quantitative estimate of drug-likeness (QED) is 0.571. The maximum atomic E-state index is 5.63. The van der Waals surface area contributed by atoms with Crippen LogP contribution < -0.4 is 20.1 Å². The molecule has 1 heterocycles. The Hall–Kier alpha value is -2.63. The number of methoxy groups -OCH3 is 1. The zero-order chi connectivity index (χ0) is 18.1. The summed E-state index contributed by atoms with van der Waals surface area (Å²) < 4.78 is 13.0. The van der Waals surface area contributed by atoms with Crippen molar-refractivity contribution in [2.24, 2.45) is 12.0 Å². The largest absolute Gasteiger partial charge is 0.493 e. The van der Waals surface area contributed by atoms with E-state index in [9.17, 15) is 0 Å². The molecule has 2 N–H and O–H groups in total. The van der Waals surface area contributed by atoms with Crippen molar-refractivity contribution in [3.05, 3.63) is 47.8 Å². The number of aryl methyl sites for hydroxylation is 1. The van der Waals surface area contributed by atoms with Gasteiger partial charge in [-0.3, -0.25) is 0 Å². The van der Waals surface area contributed by atoms with Crippen molar-refractivity contribution >= 4 is 5.96 Å². The zero-order valence-corrected chi connectivity index (χ0v) is 15.5. The molecule has 0 aliphatic heterocycles. The van der Waals surface area contributed by atoms with E-state index in [4.69, 9.17) is 9.47 Å². The monoisotopic (exact) mass is 344 g/mol. The summed E-state index contributed by atoms with van der Waals surface area (Å²) in [7, 11) is 3.66. The van der Waals surface area contributed by atoms with Crippen molar-refractivity contribution in [1.82, 2.24) is 15.2 Å². The van der Waals surface area contributed by atoms with Crippen LogP contribution in [0.1, 0.15) is 25.0 Å². The lowest BCUT2D eigenvalue weighted by atomic mass is 10.2. The topological polar surface area (TPSA) is 59.8 Å². The van der Waals surface area contributed by atoms with Gasteiger partial charge < -0.3 is 24.7 Å². The molecule has 1 aromatic carbocycles. The normalized spacial score (nSPS) is 11.3. The van der Waals surface area contributed by atoms with Crippen molar-refractivity contribution in [2.75, 3.05) is 20.3 Å². The summed E-state index contributed by atoms with van der Waals surface area (Å²) in [6, 6.07) is 8.02. The summed E-state index contributed by atoms with van der Waals surface area (Å²) in [5.74, 6) is 2.30. The van der Waals surface area contributed by atoms with Gasteiger partial charge in [0.1, 0.15) is 0 Å². The maximum Gasteiger partial charge on any atom is 0.191 e. The number of benzene rings is 1. The molecular formula is C19H28N4O2. The lowest BCUT2D eigenvalue weighted by Gasteiger charge is -2.14. The predicted molar refractivity (Wildman–Crippen MR) is 101 cm³/mol. The van der Waals surface area contributed by atoms with Crippen molar-refractivity contribution in [1.29, 1.82) is 0 Å². The molecule has 6 nitrogen and oxygen atoms in total. The first-order valence-electron chi connectivity index (χ1n) is 8.59. The van der Waals surface area contributed by atoms with Gasteiger partial charge in [-0.25, -0.2) is 4.99 Å². The van der Waals surface area contributed by atoms with Gasteiger partial charge in [-0.15, -0.1) is 0 Å². The smallest absolute Gasteiger partial charge is 0.191 e. The molecule has 2 rings (SSSR count). The summed E-state index contributed by atoms with van der Waals surface area (Å²) in [6.07, 6.45) is 4.10. The van der Waals surface area contributed by atoms with E-state index in [1.54, 1.807) is 7.11 Å². The highest BCUT2D eigenvalue weighted by atomic mass is 16.5. The summed E-state index contributed by atoms with van der Waals surface area (Å²) in [4.78, 5) is 4.63. The van der Waals surface area contributed by atoms with Gasteiger partial charge in [-0.05, 0) is 43.2 Å². The second-order valence-corrected chi connectivity index (χ2v) is 5.65. The SMILES string of the molecule is CCNC(=NCc1ccn(C)c1)NCc1ccc(OC)c(OCC)c1. The molecule has 0 amide bonds. The molecule has 0 bridgehead atoms. The highest BCUT2D eigenvalue weighted by Gasteiger charge is 2.06. The van der Waals surface area contributed by atoms with Gasteiger partial charge in [-0.2, -0.15) is 0 Å². The van der Waals surface area contributed by atoms with E-state index in [0.29, 0.717) is 19.7 Å². The second-order valence-electron chi connectivity index (χ2n) is 5.65. The Balaban J connectivity index is 2.01. The van der Waals surface area contributed by atoms with Crippen molar-refractivity contribution < 1.29 is 9.47 Å². The molecule has 0 spiro atoms. The molecular weight excluding hydrogens is 316 g/mol. The van der Waals surface area contributed by atoms with Gasteiger partial charge in [0, 0.05) is 32.5 Å². The van der Waals surface area contributed by atoms with Crippen molar-refractivity contribution in [3.63, 3.8) is 0 Å². The van der Waals surface area contributed by atoms with E-state index in [0.717, 1.165) is 29.6 Å².